The van der Waals surface area contributed by atoms with Crippen LogP contribution in [0.15, 0.2) is 9.59 Å². The molecule has 1 aromatic heterocycles. The normalized spacial score (nSPS) is 28.1. The van der Waals surface area contributed by atoms with Crippen molar-refractivity contribution in [2.75, 3.05) is 16.9 Å². The third kappa shape index (κ3) is 3.06. The van der Waals surface area contributed by atoms with E-state index in [1.807, 2.05) is 18.7 Å². The van der Waals surface area contributed by atoms with Crippen molar-refractivity contribution in [2.24, 2.45) is 5.92 Å². The van der Waals surface area contributed by atoms with Gasteiger partial charge in [0.25, 0.3) is 5.56 Å². The minimum Gasteiger partial charge on any atom is -0.481 e. The topological polar surface area (TPSA) is 106 Å². The zero-order chi connectivity index (χ0) is 20.8. The highest BCUT2D eigenvalue weighted by atomic mass is 16.5. The third-order valence-electron chi connectivity index (χ3n) is 6.49. The fraction of sp³-hybridized carbons (Fsp3) is 0.750. The predicted octanol–water partition coefficient (Wildman–Crippen LogP) is 1.78. The summed E-state index contributed by atoms with van der Waals surface area (Å²) in [5.41, 5.74) is -0.788. The van der Waals surface area contributed by atoms with Gasteiger partial charge < -0.3 is 20.1 Å². The molecule has 2 N–H and O–H groups in total. The second kappa shape index (κ2) is 7.51. The SMILES string of the molecule is CCCn1c2c(c(=O)n(CCC)c1=O)NCN2C12CCCC(O1)C(C(=O)O)CC2. The van der Waals surface area contributed by atoms with Gasteiger partial charge in [0.1, 0.15) is 17.2 Å². The number of carbonyl (C=O) groups is 1. The molecule has 2 fully saturated rings. The van der Waals surface area contributed by atoms with Gasteiger partial charge in [-0.25, -0.2) is 4.79 Å². The quantitative estimate of drug-likeness (QED) is 0.742. The van der Waals surface area contributed by atoms with Crippen LogP contribution >= 0.6 is 0 Å². The molecule has 4 rings (SSSR count). The minimum absolute atomic E-state index is 0.283. The number of rotatable bonds is 6. The van der Waals surface area contributed by atoms with Gasteiger partial charge in [-0.1, -0.05) is 13.8 Å². The van der Waals surface area contributed by atoms with Crippen molar-refractivity contribution in [3.05, 3.63) is 20.8 Å². The standard InChI is InChI=1S/C20H30N4O5/c1-3-10-22-16-15(17(25)23(11-4-2)19(22)28)21-12-24(16)20-8-5-6-14(29-20)13(7-9-20)18(26)27/h13-14,21H,3-12H2,1-2H3,(H,26,27). The smallest absolute Gasteiger partial charge is 0.332 e. The van der Waals surface area contributed by atoms with Crippen molar-refractivity contribution in [2.45, 2.75) is 83.7 Å². The molecule has 0 amide bonds. The zero-order valence-corrected chi connectivity index (χ0v) is 17.1. The largest absolute Gasteiger partial charge is 0.481 e. The van der Waals surface area contributed by atoms with Crippen molar-refractivity contribution >= 4 is 17.5 Å². The lowest BCUT2D eigenvalue weighted by atomic mass is 9.80. The first kappa shape index (κ1) is 20.0. The van der Waals surface area contributed by atoms with E-state index in [2.05, 4.69) is 5.32 Å². The number of nitrogens with zero attached hydrogens (tertiary/aromatic N) is 3. The van der Waals surface area contributed by atoms with Crippen LogP contribution in [0.5, 0.6) is 0 Å². The molecule has 4 heterocycles. The third-order valence-corrected chi connectivity index (χ3v) is 6.49. The van der Waals surface area contributed by atoms with Gasteiger partial charge >= 0.3 is 11.7 Å². The lowest BCUT2D eigenvalue weighted by Crippen LogP contribution is -2.60. The van der Waals surface area contributed by atoms with Gasteiger partial charge in [0.2, 0.25) is 0 Å². The van der Waals surface area contributed by atoms with E-state index in [0.717, 1.165) is 25.7 Å². The molecule has 9 heteroatoms. The first-order valence-corrected chi connectivity index (χ1v) is 10.7. The van der Waals surface area contributed by atoms with Crippen LogP contribution in [-0.4, -0.2) is 38.7 Å². The number of ether oxygens (including phenoxy) is 1. The molecular formula is C20H30N4O5. The Morgan fingerprint density at radius 1 is 1.17 bits per heavy atom. The predicted molar refractivity (Wildman–Crippen MR) is 108 cm³/mol. The molecule has 3 aliphatic rings. The van der Waals surface area contributed by atoms with E-state index in [4.69, 9.17) is 4.74 Å². The first-order chi connectivity index (χ1) is 13.9. The van der Waals surface area contributed by atoms with E-state index in [1.54, 1.807) is 4.57 Å². The summed E-state index contributed by atoms with van der Waals surface area (Å²) in [7, 11) is 0. The summed E-state index contributed by atoms with van der Waals surface area (Å²) >= 11 is 0. The van der Waals surface area contributed by atoms with E-state index >= 15 is 0 Å². The maximum absolute atomic E-state index is 13.1. The number of carboxylic acids is 1. The Bertz CT molecular complexity index is 923. The summed E-state index contributed by atoms with van der Waals surface area (Å²) in [6.45, 7) is 5.23. The molecule has 2 bridgehead atoms. The van der Waals surface area contributed by atoms with Gasteiger partial charge in [-0.2, -0.15) is 0 Å². The Morgan fingerprint density at radius 2 is 1.90 bits per heavy atom. The molecule has 9 nitrogen and oxygen atoms in total. The highest BCUT2D eigenvalue weighted by molar-refractivity contribution is 5.73. The Morgan fingerprint density at radius 3 is 2.59 bits per heavy atom. The number of nitrogens with one attached hydrogen (secondary N) is 1. The Balaban J connectivity index is 1.80. The molecule has 3 aliphatic heterocycles. The van der Waals surface area contributed by atoms with E-state index in [-0.39, 0.29) is 17.4 Å². The zero-order valence-electron chi connectivity index (χ0n) is 17.1. The summed E-state index contributed by atoms with van der Waals surface area (Å²) in [6, 6.07) is 0. The molecule has 29 heavy (non-hydrogen) atoms. The number of aliphatic carboxylic acids is 1. The van der Waals surface area contributed by atoms with Gasteiger partial charge in [0.15, 0.2) is 0 Å². The van der Waals surface area contributed by atoms with Gasteiger partial charge in [-0.3, -0.25) is 18.7 Å². The van der Waals surface area contributed by atoms with Crippen LogP contribution in [0.1, 0.15) is 58.8 Å². The van der Waals surface area contributed by atoms with Crippen LogP contribution in [-0.2, 0) is 22.6 Å². The highest BCUT2D eigenvalue weighted by Crippen LogP contribution is 2.47. The number of carboxylic acid groups (broad SMARTS) is 1. The van der Waals surface area contributed by atoms with Crippen molar-refractivity contribution in [1.82, 2.24) is 9.13 Å². The van der Waals surface area contributed by atoms with Crippen molar-refractivity contribution in [3.8, 4) is 0 Å². The Kier molecular flexibility index (Phi) is 5.18. The van der Waals surface area contributed by atoms with E-state index in [0.29, 0.717) is 50.5 Å². The van der Waals surface area contributed by atoms with Crippen LogP contribution in [0.4, 0.5) is 11.5 Å². The molecule has 0 saturated carbocycles. The molecule has 0 aromatic carbocycles. The molecule has 2 saturated heterocycles. The molecule has 160 valence electrons. The average Bonchev–Trinajstić information content (AvgIpc) is 3.14. The maximum Gasteiger partial charge on any atom is 0.332 e. The molecule has 3 atom stereocenters. The Hall–Kier alpha value is -2.29. The molecule has 1 aromatic rings. The van der Waals surface area contributed by atoms with Crippen LogP contribution in [0.3, 0.4) is 0 Å². The minimum atomic E-state index is -0.809. The van der Waals surface area contributed by atoms with E-state index < -0.39 is 17.6 Å². The van der Waals surface area contributed by atoms with E-state index in [9.17, 15) is 19.5 Å². The fourth-order valence-electron chi connectivity index (χ4n) is 5.17. The first-order valence-electron chi connectivity index (χ1n) is 10.7. The molecule has 0 radical (unpaired) electrons. The molecule has 0 spiro atoms. The van der Waals surface area contributed by atoms with Gasteiger partial charge in [0, 0.05) is 13.1 Å². The fourth-order valence-corrected chi connectivity index (χ4v) is 5.17. The highest BCUT2D eigenvalue weighted by Gasteiger charge is 2.52. The van der Waals surface area contributed by atoms with Crippen molar-refractivity contribution in [3.63, 3.8) is 0 Å². The summed E-state index contributed by atoms with van der Waals surface area (Å²) in [5.74, 6) is -0.701. The second-order valence-electron chi connectivity index (χ2n) is 8.33. The summed E-state index contributed by atoms with van der Waals surface area (Å²) in [4.78, 5) is 39.8. The van der Waals surface area contributed by atoms with Crippen LogP contribution in [0.2, 0.25) is 0 Å². The van der Waals surface area contributed by atoms with Crippen LogP contribution in [0, 0.1) is 5.92 Å². The monoisotopic (exact) mass is 406 g/mol. The number of aromatic nitrogens is 2. The van der Waals surface area contributed by atoms with E-state index in [1.165, 1.54) is 4.57 Å². The number of hydrogen-bond donors (Lipinski definition) is 2. The van der Waals surface area contributed by atoms with Crippen LogP contribution < -0.4 is 21.5 Å². The van der Waals surface area contributed by atoms with Gasteiger partial charge in [-0.15, -0.1) is 0 Å². The lowest BCUT2D eigenvalue weighted by Gasteiger charge is -2.52. The summed E-state index contributed by atoms with van der Waals surface area (Å²) in [5, 5.41) is 12.7. The maximum atomic E-state index is 13.1. The lowest BCUT2D eigenvalue weighted by molar-refractivity contribution is -0.194. The summed E-state index contributed by atoms with van der Waals surface area (Å²) < 4.78 is 9.40. The number of hydrogen-bond acceptors (Lipinski definition) is 6. The molecule has 3 unspecified atom stereocenters. The number of fused-ring (bicyclic) bond motifs is 3. The van der Waals surface area contributed by atoms with Crippen molar-refractivity contribution in [1.29, 1.82) is 0 Å². The van der Waals surface area contributed by atoms with Gasteiger partial charge in [-0.05, 0) is 44.9 Å². The van der Waals surface area contributed by atoms with Gasteiger partial charge in [0.05, 0.1) is 18.7 Å². The van der Waals surface area contributed by atoms with Crippen molar-refractivity contribution < 1.29 is 14.6 Å². The Labute approximate surface area is 169 Å². The number of anilines is 2. The van der Waals surface area contributed by atoms with Crippen LogP contribution in [0.25, 0.3) is 0 Å². The average molecular weight is 406 g/mol. The molecular weight excluding hydrogens is 376 g/mol. The summed E-state index contributed by atoms with van der Waals surface area (Å²) in [6.07, 6.45) is 4.60. The second-order valence-corrected chi connectivity index (χ2v) is 8.33. The molecule has 0 aliphatic carbocycles.